The molecule has 1 fully saturated rings. The average molecular weight is 411 g/mol. The Morgan fingerprint density at radius 1 is 1.20 bits per heavy atom. The van der Waals surface area contributed by atoms with E-state index in [1.807, 2.05) is 42.5 Å². The summed E-state index contributed by atoms with van der Waals surface area (Å²) in [5.74, 6) is 1.58. The summed E-state index contributed by atoms with van der Waals surface area (Å²) in [7, 11) is 1.45. The number of methoxy groups -OCH3 is 1. The molecule has 2 aromatic rings. The second kappa shape index (κ2) is 11.2. The number of likely N-dealkylation sites (tertiary alicyclic amines) is 1. The first-order valence-electron chi connectivity index (χ1n) is 10.4. The number of carbonyl (C=O) groups excluding carboxylic acids is 1. The molecule has 0 spiro atoms. The molecule has 0 atom stereocenters. The normalized spacial score (nSPS) is 15.0. The van der Waals surface area contributed by atoms with Crippen molar-refractivity contribution in [3.8, 4) is 5.75 Å². The molecule has 1 saturated heterocycles. The van der Waals surface area contributed by atoms with Crippen molar-refractivity contribution >= 4 is 11.9 Å². The molecule has 30 heavy (non-hydrogen) atoms. The van der Waals surface area contributed by atoms with E-state index in [4.69, 9.17) is 14.5 Å². The summed E-state index contributed by atoms with van der Waals surface area (Å²) in [6, 6.07) is 13.8. The first-order valence-corrected chi connectivity index (χ1v) is 10.4. The molecule has 1 aliphatic heterocycles. The SMILES string of the molecule is CCNC(=NCc1ccc(OCc2ccccn2)cc1)N1CCC(C(=O)OC)CC1. The standard InChI is InChI=1S/C23H30N4O3/c1-3-24-23(27-14-11-19(12-15-27)22(28)29-2)26-16-18-7-9-21(10-8-18)30-17-20-6-4-5-13-25-20/h4-10,13,19H,3,11-12,14-17H2,1-2H3,(H,24,26). The topological polar surface area (TPSA) is 76.1 Å². The lowest BCUT2D eigenvalue weighted by Gasteiger charge is -2.33. The zero-order chi connectivity index (χ0) is 21.2. The van der Waals surface area contributed by atoms with Gasteiger partial charge in [0.1, 0.15) is 12.4 Å². The Morgan fingerprint density at radius 2 is 1.97 bits per heavy atom. The van der Waals surface area contributed by atoms with Crippen LogP contribution in [-0.4, -0.2) is 48.6 Å². The van der Waals surface area contributed by atoms with Gasteiger partial charge in [-0.15, -0.1) is 0 Å². The van der Waals surface area contributed by atoms with E-state index >= 15 is 0 Å². The molecule has 7 heteroatoms. The zero-order valence-electron chi connectivity index (χ0n) is 17.7. The molecule has 0 amide bonds. The number of benzene rings is 1. The zero-order valence-corrected chi connectivity index (χ0v) is 17.7. The number of esters is 1. The smallest absolute Gasteiger partial charge is 0.308 e. The lowest BCUT2D eigenvalue weighted by molar-refractivity contribution is -0.146. The number of piperidine rings is 1. The van der Waals surface area contributed by atoms with E-state index in [0.29, 0.717) is 13.2 Å². The van der Waals surface area contributed by atoms with Crippen LogP contribution in [0.2, 0.25) is 0 Å². The predicted octanol–water partition coefficient (Wildman–Crippen LogP) is 3.01. The summed E-state index contributed by atoms with van der Waals surface area (Å²) in [5.41, 5.74) is 2.01. The maximum atomic E-state index is 11.7. The van der Waals surface area contributed by atoms with Crippen LogP contribution < -0.4 is 10.1 Å². The van der Waals surface area contributed by atoms with Gasteiger partial charge in [0, 0.05) is 25.8 Å². The van der Waals surface area contributed by atoms with Crippen LogP contribution in [0.5, 0.6) is 5.75 Å². The minimum absolute atomic E-state index is 0.00671. The highest BCUT2D eigenvalue weighted by atomic mass is 16.5. The Balaban J connectivity index is 1.53. The summed E-state index contributed by atoms with van der Waals surface area (Å²) in [4.78, 5) is 23.0. The maximum Gasteiger partial charge on any atom is 0.308 e. The Hall–Kier alpha value is -3.09. The van der Waals surface area contributed by atoms with E-state index in [1.165, 1.54) is 7.11 Å². The predicted molar refractivity (Wildman–Crippen MR) is 116 cm³/mol. The minimum Gasteiger partial charge on any atom is -0.487 e. The second-order valence-corrected chi connectivity index (χ2v) is 7.21. The van der Waals surface area contributed by atoms with Crippen LogP contribution >= 0.6 is 0 Å². The van der Waals surface area contributed by atoms with Gasteiger partial charge in [-0.1, -0.05) is 18.2 Å². The van der Waals surface area contributed by atoms with Crippen LogP contribution in [0, 0.1) is 5.92 Å². The highest BCUT2D eigenvalue weighted by Gasteiger charge is 2.26. The quantitative estimate of drug-likeness (QED) is 0.430. The van der Waals surface area contributed by atoms with Crippen LogP contribution in [0.3, 0.4) is 0 Å². The summed E-state index contributed by atoms with van der Waals surface area (Å²) in [5, 5.41) is 3.36. The van der Waals surface area contributed by atoms with E-state index in [9.17, 15) is 4.79 Å². The van der Waals surface area contributed by atoms with Crippen molar-refractivity contribution in [2.45, 2.75) is 32.9 Å². The summed E-state index contributed by atoms with van der Waals surface area (Å²) in [6.07, 6.45) is 3.35. The first-order chi connectivity index (χ1) is 14.7. The lowest BCUT2D eigenvalue weighted by Crippen LogP contribution is -2.46. The summed E-state index contributed by atoms with van der Waals surface area (Å²) < 4.78 is 10.7. The number of hydrogen-bond donors (Lipinski definition) is 1. The van der Waals surface area contributed by atoms with E-state index in [0.717, 1.165) is 55.4 Å². The van der Waals surface area contributed by atoms with E-state index in [1.54, 1.807) is 6.20 Å². The molecule has 1 aromatic heterocycles. The molecule has 160 valence electrons. The first kappa shape index (κ1) is 21.6. The Kier molecular flexibility index (Phi) is 8.06. The van der Waals surface area contributed by atoms with Gasteiger partial charge < -0.3 is 19.7 Å². The molecule has 2 heterocycles. The fourth-order valence-corrected chi connectivity index (χ4v) is 3.42. The number of nitrogens with zero attached hydrogens (tertiary/aromatic N) is 3. The van der Waals surface area contributed by atoms with Gasteiger partial charge in [-0.3, -0.25) is 9.78 Å². The summed E-state index contributed by atoms with van der Waals surface area (Å²) in [6.45, 7) is 5.49. The Morgan fingerprint density at radius 3 is 2.60 bits per heavy atom. The number of pyridine rings is 1. The molecule has 0 radical (unpaired) electrons. The largest absolute Gasteiger partial charge is 0.487 e. The van der Waals surface area contributed by atoms with Gasteiger partial charge in [-0.05, 0) is 49.6 Å². The third-order valence-electron chi connectivity index (χ3n) is 5.11. The van der Waals surface area contributed by atoms with Crippen molar-refractivity contribution in [2.75, 3.05) is 26.7 Å². The van der Waals surface area contributed by atoms with Crippen molar-refractivity contribution < 1.29 is 14.3 Å². The monoisotopic (exact) mass is 410 g/mol. The highest BCUT2D eigenvalue weighted by molar-refractivity contribution is 5.80. The average Bonchev–Trinajstić information content (AvgIpc) is 2.81. The number of carbonyl (C=O) groups is 1. The fourth-order valence-electron chi connectivity index (χ4n) is 3.42. The lowest BCUT2D eigenvalue weighted by atomic mass is 9.97. The van der Waals surface area contributed by atoms with Gasteiger partial charge in [0.05, 0.1) is 25.3 Å². The van der Waals surface area contributed by atoms with Crippen molar-refractivity contribution in [1.29, 1.82) is 0 Å². The fraction of sp³-hybridized carbons (Fsp3) is 0.435. The van der Waals surface area contributed by atoms with Gasteiger partial charge in [0.2, 0.25) is 0 Å². The van der Waals surface area contributed by atoms with Gasteiger partial charge in [-0.25, -0.2) is 4.99 Å². The molecular formula is C23H30N4O3. The van der Waals surface area contributed by atoms with Crippen LogP contribution in [-0.2, 0) is 22.7 Å². The molecular weight excluding hydrogens is 380 g/mol. The molecule has 0 bridgehead atoms. The Bertz CT molecular complexity index is 816. The summed E-state index contributed by atoms with van der Waals surface area (Å²) >= 11 is 0. The molecule has 0 saturated carbocycles. The molecule has 1 N–H and O–H groups in total. The van der Waals surface area contributed by atoms with Crippen LogP contribution in [0.4, 0.5) is 0 Å². The second-order valence-electron chi connectivity index (χ2n) is 7.21. The molecule has 3 rings (SSSR count). The maximum absolute atomic E-state index is 11.7. The Labute approximate surface area is 178 Å². The van der Waals surface area contributed by atoms with E-state index < -0.39 is 0 Å². The minimum atomic E-state index is -0.109. The number of rotatable bonds is 7. The van der Waals surface area contributed by atoms with Crippen LogP contribution in [0.1, 0.15) is 31.0 Å². The van der Waals surface area contributed by atoms with E-state index in [-0.39, 0.29) is 11.9 Å². The molecule has 7 nitrogen and oxygen atoms in total. The molecule has 0 unspecified atom stereocenters. The molecule has 0 aliphatic carbocycles. The molecule has 1 aromatic carbocycles. The van der Waals surface area contributed by atoms with Gasteiger partial charge in [0.15, 0.2) is 5.96 Å². The van der Waals surface area contributed by atoms with E-state index in [2.05, 4.69) is 22.1 Å². The highest BCUT2D eigenvalue weighted by Crippen LogP contribution is 2.19. The third kappa shape index (κ3) is 6.20. The van der Waals surface area contributed by atoms with Gasteiger partial charge >= 0.3 is 5.97 Å². The van der Waals surface area contributed by atoms with Crippen molar-refractivity contribution in [3.05, 3.63) is 59.9 Å². The van der Waals surface area contributed by atoms with Crippen molar-refractivity contribution in [2.24, 2.45) is 10.9 Å². The van der Waals surface area contributed by atoms with Crippen molar-refractivity contribution in [1.82, 2.24) is 15.2 Å². The van der Waals surface area contributed by atoms with Crippen molar-refractivity contribution in [3.63, 3.8) is 0 Å². The molecule has 1 aliphatic rings. The van der Waals surface area contributed by atoms with Crippen LogP contribution in [0.15, 0.2) is 53.7 Å². The number of nitrogens with one attached hydrogen (secondary N) is 1. The van der Waals surface area contributed by atoms with Gasteiger partial charge in [-0.2, -0.15) is 0 Å². The number of ether oxygens (including phenoxy) is 2. The number of aliphatic imine (C=N–C) groups is 1. The number of hydrogen-bond acceptors (Lipinski definition) is 5. The number of aromatic nitrogens is 1. The third-order valence-corrected chi connectivity index (χ3v) is 5.11. The number of guanidine groups is 1. The van der Waals surface area contributed by atoms with Crippen LogP contribution in [0.25, 0.3) is 0 Å². The van der Waals surface area contributed by atoms with Gasteiger partial charge in [0.25, 0.3) is 0 Å².